The summed E-state index contributed by atoms with van der Waals surface area (Å²) < 4.78 is 0. The van der Waals surface area contributed by atoms with Crippen molar-refractivity contribution in [2.24, 2.45) is 0 Å². The van der Waals surface area contributed by atoms with Gasteiger partial charge in [0.25, 0.3) is 0 Å². The molecule has 0 bridgehead atoms. The van der Waals surface area contributed by atoms with Gasteiger partial charge >= 0.3 is 0 Å². The van der Waals surface area contributed by atoms with Gasteiger partial charge in [0.1, 0.15) is 5.75 Å². The van der Waals surface area contributed by atoms with E-state index in [9.17, 15) is 14.7 Å². The quantitative estimate of drug-likeness (QED) is 0.183. The highest BCUT2D eigenvalue weighted by molar-refractivity contribution is 6.33. The molecule has 4 rings (SSSR count). The number of aliphatic hydroxyl groups is 2. The van der Waals surface area contributed by atoms with Crippen LogP contribution in [0.15, 0.2) is 24.3 Å². The van der Waals surface area contributed by atoms with Crippen LogP contribution < -0.4 is 21.3 Å². The molecule has 0 atom stereocenters. The number of hydrogen-bond acceptors (Lipinski definition) is 9. The van der Waals surface area contributed by atoms with Crippen LogP contribution in [0.1, 0.15) is 56.2 Å². The van der Waals surface area contributed by atoms with E-state index in [4.69, 9.17) is 10.2 Å². The number of aromatic hydroxyl groups is 1. The fourth-order valence-electron chi connectivity index (χ4n) is 4.42. The summed E-state index contributed by atoms with van der Waals surface area (Å²) in [7, 11) is 0. The number of ketones is 2. The van der Waals surface area contributed by atoms with Crippen LogP contribution in [0.2, 0.25) is 0 Å². The van der Waals surface area contributed by atoms with Crippen molar-refractivity contribution in [2.75, 3.05) is 63.1 Å². The molecule has 2 aliphatic rings. The van der Waals surface area contributed by atoms with Gasteiger partial charge in [-0.1, -0.05) is 6.07 Å². The molecule has 0 radical (unpaired) electrons. The Labute approximate surface area is 198 Å². The van der Waals surface area contributed by atoms with Crippen molar-refractivity contribution in [1.29, 1.82) is 0 Å². The van der Waals surface area contributed by atoms with Gasteiger partial charge in [0, 0.05) is 56.2 Å². The lowest BCUT2D eigenvalue weighted by Crippen LogP contribution is -2.29. The number of nitrogens with one attached hydrogen (secondary N) is 4. The number of rotatable bonds is 13. The predicted molar refractivity (Wildman–Crippen MR) is 130 cm³/mol. The van der Waals surface area contributed by atoms with Gasteiger partial charge in [-0.3, -0.25) is 9.59 Å². The molecule has 1 fully saturated rings. The van der Waals surface area contributed by atoms with Crippen LogP contribution in [-0.2, 0) is 0 Å². The first kappa shape index (κ1) is 24.2. The molecule has 0 amide bonds. The van der Waals surface area contributed by atoms with E-state index < -0.39 is 0 Å². The molecular formula is C25H32N4O5. The molecule has 1 saturated carbocycles. The van der Waals surface area contributed by atoms with Gasteiger partial charge in [0.2, 0.25) is 0 Å². The lowest BCUT2D eigenvalue weighted by atomic mass is 9.79. The molecule has 0 aliphatic heterocycles. The minimum Gasteiger partial charge on any atom is -0.507 e. The zero-order valence-corrected chi connectivity index (χ0v) is 19.1. The summed E-state index contributed by atoms with van der Waals surface area (Å²) in [5.74, 6) is -0.552. The molecule has 2 aromatic rings. The molecule has 9 heteroatoms. The lowest BCUT2D eigenvalue weighted by molar-refractivity contribution is 0.0977. The summed E-state index contributed by atoms with van der Waals surface area (Å²) in [6.45, 7) is 3.17. The molecule has 2 aliphatic carbocycles. The minimum absolute atomic E-state index is 0.0370. The van der Waals surface area contributed by atoms with Crippen LogP contribution in [-0.4, -0.2) is 79.4 Å². The van der Waals surface area contributed by atoms with Crippen molar-refractivity contribution in [3.05, 3.63) is 52.1 Å². The lowest BCUT2D eigenvalue weighted by Gasteiger charge is -2.26. The van der Waals surface area contributed by atoms with E-state index in [1.165, 1.54) is 6.07 Å². The number of anilines is 2. The Morgan fingerprint density at radius 2 is 1.21 bits per heavy atom. The number of aliphatic hydroxyl groups excluding tert-OH is 2. The maximum Gasteiger partial charge on any atom is 0.200 e. The second-order valence-corrected chi connectivity index (χ2v) is 8.57. The third kappa shape index (κ3) is 4.92. The average Bonchev–Trinajstić information content (AvgIpc) is 3.67. The summed E-state index contributed by atoms with van der Waals surface area (Å²) in [6.07, 6.45) is 1.94. The van der Waals surface area contributed by atoms with Crippen molar-refractivity contribution in [3.8, 4) is 5.75 Å². The third-order valence-electron chi connectivity index (χ3n) is 6.16. The second-order valence-electron chi connectivity index (χ2n) is 8.57. The van der Waals surface area contributed by atoms with E-state index in [0.717, 1.165) is 18.4 Å². The zero-order valence-electron chi connectivity index (χ0n) is 19.1. The van der Waals surface area contributed by atoms with E-state index in [0.29, 0.717) is 61.8 Å². The molecule has 2 aromatic carbocycles. The number of carbonyl (C=O) groups is 2. The maximum atomic E-state index is 13.9. The molecule has 7 N–H and O–H groups in total. The first-order valence-corrected chi connectivity index (χ1v) is 11.8. The molecule has 182 valence electrons. The van der Waals surface area contributed by atoms with Crippen LogP contribution in [0.5, 0.6) is 5.75 Å². The number of phenolic OH excluding ortho intramolecular Hbond substituents is 1. The van der Waals surface area contributed by atoms with Crippen molar-refractivity contribution >= 4 is 22.9 Å². The van der Waals surface area contributed by atoms with E-state index in [1.54, 1.807) is 18.2 Å². The first-order valence-electron chi connectivity index (χ1n) is 11.8. The Balaban J connectivity index is 1.70. The fourth-order valence-corrected chi connectivity index (χ4v) is 4.42. The third-order valence-corrected chi connectivity index (χ3v) is 6.16. The first-order chi connectivity index (χ1) is 16.6. The summed E-state index contributed by atoms with van der Waals surface area (Å²) >= 11 is 0. The molecule has 9 nitrogen and oxygen atoms in total. The van der Waals surface area contributed by atoms with Gasteiger partial charge in [0.15, 0.2) is 11.6 Å². The molecule has 0 aromatic heterocycles. The Hall–Kier alpha value is -2.98. The monoisotopic (exact) mass is 468 g/mol. The van der Waals surface area contributed by atoms with Gasteiger partial charge in [-0.15, -0.1) is 0 Å². The van der Waals surface area contributed by atoms with Crippen molar-refractivity contribution in [2.45, 2.75) is 18.8 Å². The van der Waals surface area contributed by atoms with Crippen molar-refractivity contribution in [3.63, 3.8) is 0 Å². The SMILES string of the molecule is O=C1c2c(O)ccc(C3CC3)c2C(=O)c2c(NCCNCCO)ccc(NCCNCCO)c21. The van der Waals surface area contributed by atoms with E-state index in [2.05, 4.69) is 21.3 Å². The van der Waals surface area contributed by atoms with Crippen LogP contribution in [0.3, 0.4) is 0 Å². The summed E-state index contributed by atoms with van der Waals surface area (Å²) in [6, 6.07) is 6.85. The van der Waals surface area contributed by atoms with Gasteiger partial charge in [-0.2, -0.15) is 0 Å². The van der Waals surface area contributed by atoms with Gasteiger partial charge in [-0.25, -0.2) is 0 Å². The van der Waals surface area contributed by atoms with Crippen LogP contribution >= 0.6 is 0 Å². The Morgan fingerprint density at radius 1 is 0.676 bits per heavy atom. The second kappa shape index (κ2) is 11.0. The molecule has 0 saturated heterocycles. The smallest absolute Gasteiger partial charge is 0.200 e. The number of phenols is 1. The summed E-state index contributed by atoms with van der Waals surface area (Å²) in [5.41, 5.74) is 2.92. The Kier molecular flexibility index (Phi) is 7.79. The van der Waals surface area contributed by atoms with E-state index in [1.807, 2.05) is 0 Å². The van der Waals surface area contributed by atoms with Gasteiger partial charge < -0.3 is 36.6 Å². The van der Waals surface area contributed by atoms with Crippen LogP contribution in [0.25, 0.3) is 0 Å². The Morgan fingerprint density at radius 3 is 1.71 bits per heavy atom. The number of fused-ring (bicyclic) bond motifs is 2. The average molecular weight is 469 g/mol. The topological polar surface area (TPSA) is 143 Å². The standard InChI is InChI=1S/C25H32N4O5/c30-13-11-26-7-9-28-17-4-5-18(29-10-8-27-12-14-31)22-21(17)24(33)20-16(15-1-2-15)3-6-19(32)23(20)25(22)34/h3-6,15,26-32H,1-2,7-14H2. The summed E-state index contributed by atoms with van der Waals surface area (Å²) in [4.78, 5) is 27.6. The largest absolute Gasteiger partial charge is 0.507 e. The van der Waals surface area contributed by atoms with Gasteiger partial charge in [0.05, 0.1) is 29.9 Å². The number of carbonyl (C=O) groups excluding carboxylic acids is 2. The predicted octanol–water partition coefficient (Wildman–Crippen LogP) is 1.03. The van der Waals surface area contributed by atoms with E-state index >= 15 is 0 Å². The van der Waals surface area contributed by atoms with Crippen molar-refractivity contribution in [1.82, 2.24) is 10.6 Å². The summed E-state index contributed by atoms with van der Waals surface area (Å²) in [5, 5.41) is 41.1. The fraction of sp³-hybridized carbons (Fsp3) is 0.440. The van der Waals surface area contributed by atoms with Crippen LogP contribution in [0.4, 0.5) is 11.4 Å². The van der Waals surface area contributed by atoms with Gasteiger partial charge in [-0.05, 0) is 42.5 Å². The minimum atomic E-state index is -0.363. The van der Waals surface area contributed by atoms with E-state index in [-0.39, 0.29) is 47.6 Å². The highest BCUT2D eigenvalue weighted by Crippen LogP contribution is 2.47. The molecule has 34 heavy (non-hydrogen) atoms. The molecule has 0 heterocycles. The highest BCUT2D eigenvalue weighted by atomic mass is 16.3. The maximum absolute atomic E-state index is 13.9. The number of hydrogen-bond donors (Lipinski definition) is 7. The Bertz CT molecular complexity index is 1070. The molecule has 0 unspecified atom stereocenters. The van der Waals surface area contributed by atoms with Crippen molar-refractivity contribution < 1.29 is 24.9 Å². The number of benzene rings is 2. The zero-order chi connectivity index (χ0) is 24.1. The normalized spacial score (nSPS) is 14.6. The highest BCUT2D eigenvalue weighted by Gasteiger charge is 2.40. The van der Waals surface area contributed by atoms with Crippen LogP contribution in [0, 0.1) is 0 Å². The molecule has 0 spiro atoms. The molecular weight excluding hydrogens is 436 g/mol.